The third kappa shape index (κ3) is 4.32. The van der Waals surface area contributed by atoms with Crippen LogP contribution in [0.5, 0.6) is 0 Å². The van der Waals surface area contributed by atoms with Crippen molar-refractivity contribution in [3.05, 3.63) is 69.2 Å². The Kier molecular flexibility index (Phi) is 5.43. The zero-order valence-electron chi connectivity index (χ0n) is 11.9. The Bertz CT molecular complexity index is 608. The molecule has 0 aliphatic carbocycles. The lowest BCUT2D eigenvalue weighted by Gasteiger charge is -2.23. The third-order valence-corrected chi connectivity index (χ3v) is 4.07. The van der Waals surface area contributed by atoms with Gasteiger partial charge in [-0.15, -0.1) is 0 Å². The van der Waals surface area contributed by atoms with E-state index in [-0.39, 0.29) is 17.9 Å². The monoisotopic (exact) mass is 365 g/mol. The van der Waals surface area contributed by atoms with E-state index in [9.17, 15) is 4.79 Å². The summed E-state index contributed by atoms with van der Waals surface area (Å²) in [6.07, 6.45) is 0. The maximum absolute atomic E-state index is 12.4. The second kappa shape index (κ2) is 7.10. The van der Waals surface area contributed by atoms with Gasteiger partial charge in [-0.05, 0) is 47.9 Å². The van der Waals surface area contributed by atoms with E-state index in [0.29, 0.717) is 10.6 Å². The Morgan fingerprint density at radius 3 is 2.14 bits per heavy atom. The van der Waals surface area contributed by atoms with Crippen molar-refractivity contribution >= 4 is 33.4 Å². The van der Waals surface area contributed by atoms with Gasteiger partial charge in [0.15, 0.2) is 0 Å². The maximum atomic E-state index is 12.4. The summed E-state index contributed by atoms with van der Waals surface area (Å²) in [6.45, 7) is 4.17. The second-order valence-electron chi connectivity index (χ2n) is 5.25. The number of carbonyl (C=O) groups is 1. The Labute approximate surface area is 138 Å². The van der Waals surface area contributed by atoms with Gasteiger partial charge in [0, 0.05) is 15.1 Å². The highest BCUT2D eigenvalue weighted by molar-refractivity contribution is 9.10. The molecule has 0 saturated heterocycles. The van der Waals surface area contributed by atoms with Crippen molar-refractivity contribution in [3.8, 4) is 0 Å². The van der Waals surface area contributed by atoms with Crippen LogP contribution in [0.15, 0.2) is 53.0 Å². The maximum Gasteiger partial charge on any atom is 0.251 e. The van der Waals surface area contributed by atoms with Crippen molar-refractivity contribution in [2.45, 2.75) is 19.9 Å². The fourth-order valence-corrected chi connectivity index (χ4v) is 2.52. The van der Waals surface area contributed by atoms with E-state index in [4.69, 9.17) is 11.6 Å². The van der Waals surface area contributed by atoms with Crippen LogP contribution in [0.3, 0.4) is 0 Å². The molecule has 2 nitrogen and oxygen atoms in total. The zero-order chi connectivity index (χ0) is 15.4. The molecule has 0 heterocycles. The fraction of sp³-hybridized carbons (Fsp3) is 0.235. The zero-order valence-corrected chi connectivity index (χ0v) is 14.3. The highest BCUT2D eigenvalue weighted by Crippen LogP contribution is 2.24. The molecule has 1 unspecified atom stereocenters. The molecule has 0 aromatic heterocycles. The van der Waals surface area contributed by atoms with Gasteiger partial charge in [-0.3, -0.25) is 4.79 Å². The lowest BCUT2D eigenvalue weighted by molar-refractivity contribution is 0.0925. The van der Waals surface area contributed by atoms with Gasteiger partial charge in [0.25, 0.3) is 5.91 Å². The van der Waals surface area contributed by atoms with Crippen LogP contribution < -0.4 is 5.32 Å². The van der Waals surface area contributed by atoms with E-state index in [1.807, 2.05) is 36.4 Å². The number of hydrogen-bond donors (Lipinski definition) is 1. The highest BCUT2D eigenvalue weighted by Gasteiger charge is 2.19. The molecule has 2 aromatic carbocycles. The summed E-state index contributed by atoms with van der Waals surface area (Å²) in [4.78, 5) is 12.4. The first-order chi connectivity index (χ1) is 9.97. The first kappa shape index (κ1) is 16.1. The summed E-state index contributed by atoms with van der Waals surface area (Å²) in [5.41, 5.74) is 1.71. The Balaban J connectivity index is 2.18. The minimum atomic E-state index is -0.0730. The van der Waals surface area contributed by atoms with Crippen LogP contribution in [0.25, 0.3) is 0 Å². The number of rotatable bonds is 4. The Hall–Kier alpha value is -1.32. The molecule has 0 fully saturated rings. The average Bonchev–Trinajstić information content (AvgIpc) is 2.46. The molecule has 0 bridgehead atoms. The van der Waals surface area contributed by atoms with E-state index < -0.39 is 0 Å². The molecular weight excluding hydrogens is 350 g/mol. The van der Waals surface area contributed by atoms with Crippen LogP contribution in [0.1, 0.15) is 35.8 Å². The number of halogens is 2. The van der Waals surface area contributed by atoms with E-state index in [1.165, 1.54) is 0 Å². The van der Waals surface area contributed by atoms with Gasteiger partial charge in [0.1, 0.15) is 0 Å². The molecule has 0 aliphatic rings. The number of hydrogen-bond acceptors (Lipinski definition) is 1. The summed E-state index contributed by atoms with van der Waals surface area (Å²) in [7, 11) is 0. The minimum absolute atomic E-state index is 0.0431. The molecule has 21 heavy (non-hydrogen) atoms. The molecule has 1 amide bonds. The average molecular weight is 367 g/mol. The minimum Gasteiger partial charge on any atom is -0.345 e. The number of amides is 1. The second-order valence-corrected chi connectivity index (χ2v) is 6.61. The number of benzene rings is 2. The summed E-state index contributed by atoms with van der Waals surface area (Å²) >= 11 is 9.29. The fourth-order valence-electron chi connectivity index (χ4n) is 2.13. The smallest absolute Gasteiger partial charge is 0.251 e. The topological polar surface area (TPSA) is 29.1 Å². The van der Waals surface area contributed by atoms with Gasteiger partial charge in [0.05, 0.1) is 6.04 Å². The Morgan fingerprint density at radius 2 is 1.62 bits per heavy atom. The van der Waals surface area contributed by atoms with Crippen molar-refractivity contribution in [1.29, 1.82) is 0 Å². The predicted octanol–water partition coefficient (Wildman–Crippen LogP) is 5.23. The molecular formula is C17H17BrClNO. The van der Waals surface area contributed by atoms with E-state index in [1.54, 1.807) is 12.1 Å². The molecule has 1 N–H and O–H groups in total. The largest absolute Gasteiger partial charge is 0.345 e. The SMILES string of the molecule is CC(C)C(NC(=O)c1ccc(Br)cc1)c1ccc(Cl)cc1. The molecule has 110 valence electrons. The predicted molar refractivity (Wildman–Crippen MR) is 90.6 cm³/mol. The van der Waals surface area contributed by atoms with Gasteiger partial charge in [-0.25, -0.2) is 0 Å². The third-order valence-electron chi connectivity index (χ3n) is 3.29. The molecule has 0 aliphatic heterocycles. The van der Waals surface area contributed by atoms with Crippen LogP contribution in [-0.4, -0.2) is 5.91 Å². The first-order valence-corrected chi connectivity index (χ1v) is 7.96. The van der Waals surface area contributed by atoms with E-state index in [2.05, 4.69) is 35.1 Å². The van der Waals surface area contributed by atoms with Crippen LogP contribution in [0, 0.1) is 5.92 Å². The van der Waals surface area contributed by atoms with Gasteiger partial charge >= 0.3 is 0 Å². The van der Waals surface area contributed by atoms with Gasteiger partial charge in [-0.1, -0.05) is 53.5 Å². The van der Waals surface area contributed by atoms with Crippen LogP contribution >= 0.6 is 27.5 Å². The lowest BCUT2D eigenvalue weighted by Crippen LogP contribution is -2.31. The molecule has 4 heteroatoms. The summed E-state index contributed by atoms with van der Waals surface area (Å²) in [5, 5.41) is 3.79. The molecule has 1 atom stereocenters. The molecule has 2 rings (SSSR count). The molecule has 0 saturated carbocycles. The summed E-state index contributed by atoms with van der Waals surface area (Å²) in [5.74, 6) is 0.210. The molecule has 2 aromatic rings. The quantitative estimate of drug-likeness (QED) is 0.788. The summed E-state index contributed by atoms with van der Waals surface area (Å²) in [6, 6.07) is 14.9. The van der Waals surface area contributed by atoms with Crippen LogP contribution in [0.2, 0.25) is 5.02 Å². The van der Waals surface area contributed by atoms with Crippen molar-refractivity contribution in [3.63, 3.8) is 0 Å². The highest BCUT2D eigenvalue weighted by atomic mass is 79.9. The van der Waals surface area contributed by atoms with E-state index >= 15 is 0 Å². The first-order valence-electron chi connectivity index (χ1n) is 6.79. The Morgan fingerprint density at radius 1 is 1.05 bits per heavy atom. The standard InChI is InChI=1S/C17H17BrClNO/c1-11(2)16(12-5-9-15(19)10-6-12)20-17(21)13-3-7-14(18)8-4-13/h3-11,16H,1-2H3,(H,20,21). The van der Waals surface area contributed by atoms with Crippen LogP contribution in [-0.2, 0) is 0 Å². The molecule has 0 radical (unpaired) electrons. The normalized spacial score (nSPS) is 12.2. The van der Waals surface area contributed by atoms with E-state index in [0.717, 1.165) is 10.0 Å². The van der Waals surface area contributed by atoms with Crippen LogP contribution in [0.4, 0.5) is 0 Å². The van der Waals surface area contributed by atoms with Crippen molar-refractivity contribution < 1.29 is 4.79 Å². The van der Waals surface area contributed by atoms with Gasteiger partial charge < -0.3 is 5.32 Å². The summed E-state index contributed by atoms with van der Waals surface area (Å²) < 4.78 is 0.956. The number of nitrogens with one attached hydrogen (secondary N) is 1. The lowest BCUT2D eigenvalue weighted by atomic mass is 9.95. The molecule has 0 spiro atoms. The number of carbonyl (C=O) groups excluding carboxylic acids is 1. The van der Waals surface area contributed by atoms with Crippen molar-refractivity contribution in [1.82, 2.24) is 5.32 Å². The van der Waals surface area contributed by atoms with Gasteiger partial charge in [-0.2, -0.15) is 0 Å². The van der Waals surface area contributed by atoms with Crippen molar-refractivity contribution in [2.75, 3.05) is 0 Å². The van der Waals surface area contributed by atoms with Crippen molar-refractivity contribution in [2.24, 2.45) is 5.92 Å². The van der Waals surface area contributed by atoms with Gasteiger partial charge in [0.2, 0.25) is 0 Å².